The minimum absolute atomic E-state index is 0.155. The monoisotopic (exact) mass is 280 g/mol. The molecule has 0 spiro atoms. The van der Waals surface area contributed by atoms with Crippen molar-refractivity contribution >= 4 is 5.69 Å². The van der Waals surface area contributed by atoms with Crippen LogP contribution in [-0.4, -0.2) is 29.2 Å². The van der Waals surface area contributed by atoms with E-state index in [4.69, 9.17) is 11.5 Å². The number of halogens is 3. The summed E-state index contributed by atoms with van der Waals surface area (Å²) in [5, 5.41) is 19.3. The Kier molecular flexibility index (Phi) is 4.98. The summed E-state index contributed by atoms with van der Waals surface area (Å²) < 4.78 is 39.8. The molecule has 0 amide bonds. The van der Waals surface area contributed by atoms with E-state index in [-0.39, 0.29) is 24.2 Å². The van der Waals surface area contributed by atoms with E-state index in [1.54, 1.807) is 0 Å². The Morgan fingerprint density at radius 2 is 1.89 bits per heavy atom. The van der Waals surface area contributed by atoms with Gasteiger partial charge < -0.3 is 26.4 Å². The number of ether oxygens (including phenoxy) is 1. The van der Waals surface area contributed by atoms with Crippen LogP contribution < -0.4 is 16.2 Å². The van der Waals surface area contributed by atoms with Gasteiger partial charge in [0.2, 0.25) is 0 Å². The third-order valence-electron chi connectivity index (χ3n) is 2.43. The Hall–Kier alpha value is -1.51. The molecule has 2 atom stereocenters. The molecule has 0 bridgehead atoms. The molecule has 0 aliphatic rings. The molecule has 1 aromatic carbocycles. The molecule has 0 heterocycles. The van der Waals surface area contributed by atoms with Gasteiger partial charge in [0.25, 0.3) is 0 Å². The summed E-state index contributed by atoms with van der Waals surface area (Å²) in [4.78, 5) is 0. The first-order valence-corrected chi connectivity index (χ1v) is 5.46. The molecule has 0 saturated carbocycles. The normalized spacial score (nSPS) is 15.1. The maximum atomic E-state index is 12.0. The molecule has 8 heteroatoms. The maximum absolute atomic E-state index is 12.0. The quantitative estimate of drug-likeness (QED) is 0.600. The zero-order valence-corrected chi connectivity index (χ0v) is 9.89. The van der Waals surface area contributed by atoms with Gasteiger partial charge in [-0.2, -0.15) is 0 Å². The average molecular weight is 280 g/mol. The van der Waals surface area contributed by atoms with Gasteiger partial charge in [-0.3, -0.25) is 0 Å². The Balaban J connectivity index is 2.87. The molecule has 1 aromatic rings. The first-order valence-electron chi connectivity index (χ1n) is 5.46. The average Bonchev–Trinajstić information content (AvgIpc) is 2.29. The van der Waals surface area contributed by atoms with Crippen LogP contribution in [0.3, 0.4) is 0 Å². The van der Waals surface area contributed by atoms with E-state index < -0.39 is 24.3 Å². The highest BCUT2D eigenvalue weighted by molar-refractivity contribution is 5.54. The van der Waals surface area contributed by atoms with E-state index in [1.807, 2.05) is 0 Å². The number of benzene rings is 1. The van der Waals surface area contributed by atoms with Gasteiger partial charge in [-0.1, -0.05) is 6.07 Å². The first kappa shape index (κ1) is 15.5. The predicted molar refractivity (Wildman–Crippen MR) is 62.2 cm³/mol. The summed E-state index contributed by atoms with van der Waals surface area (Å²) in [7, 11) is 0. The summed E-state index contributed by atoms with van der Waals surface area (Å²) in [5.74, 6) is -0.559. The fourth-order valence-electron chi connectivity index (χ4n) is 1.52. The van der Waals surface area contributed by atoms with E-state index in [0.29, 0.717) is 0 Å². The number of nitrogens with two attached hydrogens (primary N) is 2. The van der Waals surface area contributed by atoms with Crippen molar-refractivity contribution in [1.29, 1.82) is 0 Å². The standard InChI is InChI=1S/C11H15F3N2O3/c12-11(13,14)19-9-2-1-6(5-7(9)16)10(18)8(17)3-4-15/h1-2,5,8,10,17-18H,3-4,15-16H2. The Labute approximate surface area is 107 Å². The molecule has 2 unspecified atom stereocenters. The number of hydrogen-bond donors (Lipinski definition) is 4. The van der Waals surface area contributed by atoms with Crippen molar-refractivity contribution < 1.29 is 28.1 Å². The van der Waals surface area contributed by atoms with Crippen LogP contribution in [0.25, 0.3) is 0 Å². The SMILES string of the molecule is NCCC(O)C(O)c1ccc(OC(F)(F)F)c(N)c1. The largest absolute Gasteiger partial charge is 0.573 e. The molecule has 5 nitrogen and oxygen atoms in total. The fourth-order valence-corrected chi connectivity index (χ4v) is 1.52. The Bertz CT molecular complexity index is 426. The molecule has 108 valence electrons. The Morgan fingerprint density at radius 1 is 1.26 bits per heavy atom. The fraction of sp³-hybridized carbons (Fsp3) is 0.455. The van der Waals surface area contributed by atoms with Crippen molar-refractivity contribution in [3.8, 4) is 5.75 Å². The highest BCUT2D eigenvalue weighted by atomic mass is 19.4. The second-order valence-electron chi connectivity index (χ2n) is 3.93. The number of rotatable bonds is 5. The molecule has 0 aromatic heterocycles. The second kappa shape index (κ2) is 6.09. The number of alkyl halides is 3. The van der Waals surface area contributed by atoms with Crippen molar-refractivity contribution in [3.05, 3.63) is 23.8 Å². The summed E-state index contributed by atoms with van der Waals surface area (Å²) in [5.41, 5.74) is 10.5. The van der Waals surface area contributed by atoms with E-state index in [9.17, 15) is 23.4 Å². The van der Waals surface area contributed by atoms with E-state index >= 15 is 0 Å². The summed E-state index contributed by atoms with van der Waals surface area (Å²) in [6.45, 7) is 0.170. The summed E-state index contributed by atoms with van der Waals surface area (Å²) in [6.07, 6.45) is -7.07. The zero-order valence-electron chi connectivity index (χ0n) is 9.89. The van der Waals surface area contributed by atoms with Crippen LogP contribution in [0, 0.1) is 0 Å². The van der Waals surface area contributed by atoms with Crippen molar-refractivity contribution in [1.82, 2.24) is 0 Å². The minimum atomic E-state index is -4.84. The molecule has 6 N–H and O–H groups in total. The third-order valence-corrected chi connectivity index (χ3v) is 2.43. The molecule has 0 aliphatic carbocycles. The lowest BCUT2D eigenvalue weighted by Crippen LogP contribution is -2.22. The number of aliphatic hydroxyl groups is 2. The number of hydrogen-bond acceptors (Lipinski definition) is 5. The Morgan fingerprint density at radius 3 is 2.37 bits per heavy atom. The minimum Gasteiger partial charge on any atom is -0.404 e. The maximum Gasteiger partial charge on any atom is 0.573 e. The molecule has 1 rings (SSSR count). The third kappa shape index (κ3) is 4.58. The molecule has 0 aliphatic heterocycles. The van der Waals surface area contributed by atoms with Gasteiger partial charge in [0.15, 0.2) is 5.75 Å². The number of anilines is 1. The first-order chi connectivity index (χ1) is 8.74. The number of aliphatic hydroxyl groups excluding tert-OH is 2. The van der Waals surface area contributed by atoms with Gasteiger partial charge in [-0.25, -0.2) is 0 Å². The van der Waals surface area contributed by atoms with Gasteiger partial charge in [0.1, 0.15) is 6.10 Å². The van der Waals surface area contributed by atoms with Crippen molar-refractivity contribution in [2.24, 2.45) is 5.73 Å². The topological polar surface area (TPSA) is 102 Å². The molecular formula is C11H15F3N2O3. The van der Waals surface area contributed by atoms with Crippen molar-refractivity contribution in [2.45, 2.75) is 25.0 Å². The predicted octanol–water partition coefficient (Wildman–Crippen LogP) is 0.911. The van der Waals surface area contributed by atoms with Gasteiger partial charge in [0, 0.05) is 0 Å². The molecular weight excluding hydrogens is 265 g/mol. The lowest BCUT2D eigenvalue weighted by atomic mass is 10.0. The van der Waals surface area contributed by atoms with Crippen LogP contribution in [0.1, 0.15) is 18.1 Å². The van der Waals surface area contributed by atoms with Crippen LogP contribution in [0.4, 0.5) is 18.9 Å². The highest BCUT2D eigenvalue weighted by Crippen LogP contribution is 2.31. The van der Waals surface area contributed by atoms with E-state index in [2.05, 4.69) is 4.74 Å². The van der Waals surface area contributed by atoms with Crippen LogP contribution in [0.2, 0.25) is 0 Å². The highest BCUT2D eigenvalue weighted by Gasteiger charge is 2.32. The second-order valence-corrected chi connectivity index (χ2v) is 3.93. The summed E-state index contributed by atoms with van der Waals surface area (Å²) >= 11 is 0. The van der Waals surface area contributed by atoms with Crippen molar-refractivity contribution in [3.63, 3.8) is 0 Å². The van der Waals surface area contributed by atoms with Gasteiger partial charge in [-0.15, -0.1) is 13.2 Å². The summed E-state index contributed by atoms with van der Waals surface area (Å²) in [6, 6.07) is 3.30. The van der Waals surface area contributed by atoms with Crippen LogP contribution in [0.15, 0.2) is 18.2 Å². The molecule has 19 heavy (non-hydrogen) atoms. The van der Waals surface area contributed by atoms with E-state index in [1.165, 1.54) is 6.07 Å². The van der Waals surface area contributed by atoms with E-state index in [0.717, 1.165) is 12.1 Å². The van der Waals surface area contributed by atoms with Crippen molar-refractivity contribution in [2.75, 3.05) is 12.3 Å². The lowest BCUT2D eigenvalue weighted by Gasteiger charge is -2.19. The lowest BCUT2D eigenvalue weighted by molar-refractivity contribution is -0.274. The van der Waals surface area contributed by atoms with Crippen LogP contribution in [-0.2, 0) is 0 Å². The van der Waals surface area contributed by atoms with Gasteiger partial charge >= 0.3 is 6.36 Å². The number of nitrogen functional groups attached to an aromatic ring is 1. The van der Waals surface area contributed by atoms with Crippen LogP contribution in [0.5, 0.6) is 5.75 Å². The van der Waals surface area contributed by atoms with Gasteiger partial charge in [0.05, 0.1) is 11.8 Å². The molecule has 0 saturated heterocycles. The van der Waals surface area contributed by atoms with Gasteiger partial charge in [-0.05, 0) is 30.7 Å². The zero-order chi connectivity index (χ0) is 14.6. The molecule has 0 radical (unpaired) electrons. The molecule has 0 fully saturated rings. The van der Waals surface area contributed by atoms with Crippen LogP contribution >= 0.6 is 0 Å². The smallest absolute Gasteiger partial charge is 0.404 e.